The molecular formula is C12H14N2O3. The van der Waals surface area contributed by atoms with E-state index in [1.54, 1.807) is 24.1 Å². The van der Waals surface area contributed by atoms with Gasteiger partial charge in [-0.3, -0.25) is 4.79 Å². The fourth-order valence-electron chi connectivity index (χ4n) is 1.69. The SMILES string of the molecule is CN(C(=O)C1CNC1)c1ccc(C(=O)O)cc1. The Morgan fingerprint density at radius 3 is 2.29 bits per heavy atom. The van der Waals surface area contributed by atoms with E-state index in [-0.39, 0.29) is 17.4 Å². The van der Waals surface area contributed by atoms with Crippen molar-refractivity contribution in [3.05, 3.63) is 29.8 Å². The Morgan fingerprint density at radius 1 is 1.29 bits per heavy atom. The predicted octanol–water partition coefficient (Wildman–Crippen LogP) is 0.567. The summed E-state index contributed by atoms with van der Waals surface area (Å²) in [7, 11) is 1.70. The lowest BCUT2D eigenvalue weighted by molar-refractivity contribution is -0.123. The summed E-state index contributed by atoms with van der Waals surface area (Å²) in [5.41, 5.74) is 0.937. The van der Waals surface area contributed by atoms with E-state index in [2.05, 4.69) is 5.32 Å². The van der Waals surface area contributed by atoms with Gasteiger partial charge in [-0.1, -0.05) is 0 Å². The number of aromatic carboxylic acids is 1. The van der Waals surface area contributed by atoms with Gasteiger partial charge >= 0.3 is 5.97 Å². The van der Waals surface area contributed by atoms with E-state index in [4.69, 9.17) is 5.11 Å². The van der Waals surface area contributed by atoms with Crippen molar-refractivity contribution in [3.8, 4) is 0 Å². The van der Waals surface area contributed by atoms with E-state index in [1.807, 2.05) is 0 Å². The van der Waals surface area contributed by atoms with Crippen LogP contribution in [0.3, 0.4) is 0 Å². The highest BCUT2D eigenvalue weighted by Gasteiger charge is 2.28. The lowest BCUT2D eigenvalue weighted by Gasteiger charge is -2.30. The molecular weight excluding hydrogens is 220 g/mol. The van der Waals surface area contributed by atoms with Gasteiger partial charge in [-0.2, -0.15) is 0 Å². The van der Waals surface area contributed by atoms with E-state index in [0.29, 0.717) is 5.69 Å². The molecule has 1 aromatic rings. The number of hydrogen-bond acceptors (Lipinski definition) is 3. The molecule has 0 saturated carbocycles. The quantitative estimate of drug-likeness (QED) is 0.802. The van der Waals surface area contributed by atoms with E-state index in [1.165, 1.54) is 12.1 Å². The number of rotatable bonds is 3. The summed E-state index contributed by atoms with van der Waals surface area (Å²) in [6.07, 6.45) is 0. The maximum atomic E-state index is 11.9. The Morgan fingerprint density at radius 2 is 1.88 bits per heavy atom. The zero-order valence-corrected chi connectivity index (χ0v) is 9.51. The van der Waals surface area contributed by atoms with Gasteiger partial charge in [0.25, 0.3) is 0 Å². The van der Waals surface area contributed by atoms with Gasteiger partial charge in [-0.25, -0.2) is 4.79 Å². The number of carbonyl (C=O) groups excluding carboxylic acids is 1. The van der Waals surface area contributed by atoms with Crippen molar-refractivity contribution in [2.45, 2.75) is 0 Å². The Labute approximate surface area is 99.0 Å². The molecule has 0 atom stereocenters. The Balaban J connectivity index is 2.10. The largest absolute Gasteiger partial charge is 0.478 e. The lowest BCUT2D eigenvalue weighted by Crippen LogP contribution is -2.51. The fourth-order valence-corrected chi connectivity index (χ4v) is 1.69. The van der Waals surface area contributed by atoms with Crippen molar-refractivity contribution in [1.82, 2.24) is 5.32 Å². The topological polar surface area (TPSA) is 69.6 Å². The third-order valence-electron chi connectivity index (χ3n) is 2.96. The van der Waals surface area contributed by atoms with Crippen LogP contribution < -0.4 is 10.2 Å². The van der Waals surface area contributed by atoms with Gasteiger partial charge in [0.2, 0.25) is 5.91 Å². The zero-order chi connectivity index (χ0) is 12.4. The smallest absolute Gasteiger partial charge is 0.335 e. The van der Waals surface area contributed by atoms with E-state index < -0.39 is 5.97 Å². The standard InChI is InChI=1S/C12H14N2O3/c1-14(11(15)9-6-13-7-9)10-4-2-8(3-5-10)12(16)17/h2-5,9,13H,6-7H2,1H3,(H,16,17). The van der Waals surface area contributed by atoms with Crippen LogP contribution in [0.4, 0.5) is 5.69 Å². The molecule has 1 aliphatic heterocycles. The summed E-state index contributed by atoms with van der Waals surface area (Å²) in [4.78, 5) is 24.2. The average molecular weight is 234 g/mol. The van der Waals surface area contributed by atoms with Crippen molar-refractivity contribution in [3.63, 3.8) is 0 Å². The maximum Gasteiger partial charge on any atom is 0.335 e. The molecule has 0 aliphatic carbocycles. The number of amides is 1. The number of anilines is 1. The van der Waals surface area contributed by atoms with Crippen LogP contribution in [-0.2, 0) is 4.79 Å². The van der Waals surface area contributed by atoms with Gasteiger partial charge in [0, 0.05) is 25.8 Å². The number of benzene rings is 1. The normalized spacial score (nSPS) is 15.1. The highest BCUT2D eigenvalue weighted by molar-refractivity contribution is 5.96. The average Bonchev–Trinajstić information content (AvgIpc) is 2.25. The third kappa shape index (κ3) is 2.29. The zero-order valence-electron chi connectivity index (χ0n) is 9.51. The van der Waals surface area contributed by atoms with Crippen molar-refractivity contribution in [1.29, 1.82) is 0 Å². The van der Waals surface area contributed by atoms with Crippen LogP contribution in [-0.4, -0.2) is 37.1 Å². The second-order valence-electron chi connectivity index (χ2n) is 4.10. The Kier molecular flexibility index (Phi) is 3.10. The first-order valence-electron chi connectivity index (χ1n) is 5.41. The van der Waals surface area contributed by atoms with Gasteiger partial charge in [-0.05, 0) is 24.3 Å². The first kappa shape index (κ1) is 11.6. The Hall–Kier alpha value is -1.88. The minimum absolute atomic E-state index is 0.0409. The number of hydrogen-bond donors (Lipinski definition) is 2. The van der Waals surface area contributed by atoms with Crippen LogP contribution in [0.2, 0.25) is 0 Å². The number of nitrogens with zero attached hydrogens (tertiary/aromatic N) is 1. The van der Waals surface area contributed by atoms with Crippen molar-refractivity contribution >= 4 is 17.6 Å². The molecule has 1 aliphatic rings. The molecule has 2 N–H and O–H groups in total. The van der Waals surface area contributed by atoms with Crippen molar-refractivity contribution < 1.29 is 14.7 Å². The van der Waals surface area contributed by atoms with Gasteiger partial charge in [0.05, 0.1) is 11.5 Å². The van der Waals surface area contributed by atoms with Crippen molar-refractivity contribution in [2.75, 3.05) is 25.0 Å². The molecule has 1 aromatic carbocycles. The second kappa shape index (κ2) is 4.55. The van der Waals surface area contributed by atoms with Crippen LogP contribution in [0.5, 0.6) is 0 Å². The fraction of sp³-hybridized carbons (Fsp3) is 0.333. The van der Waals surface area contributed by atoms with Gasteiger partial charge in [0.1, 0.15) is 0 Å². The first-order chi connectivity index (χ1) is 8.09. The predicted molar refractivity (Wildman–Crippen MR) is 63.2 cm³/mol. The summed E-state index contributed by atoms with van der Waals surface area (Å²) in [6.45, 7) is 1.44. The molecule has 1 saturated heterocycles. The van der Waals surface area contributed by atoms with Crippen molar-refractivity contribution in [2.24, 2.45) is 5.92 Å². The molecule has 0 aromatic heterocycles. The maximum absolute atomic E-state index is 11.9. The molecule has 1 amide bonds. The van der Waals surface area contributed by atoms with E-state index in [9.17, 15) is 9.59 Å². The molecule has 2 rings (SSSR count). The van der Waals surface area contributed by atoms with Gasteiger partial charge in [0.15, 0.2) is 0 Å². The van der Waals surface area contributed by atoms with Crippen LogP contribution >= 0.6 is 0 Å². The number of carboxylic acids is 1. The molecule has 0 unspecified atom stereocenters. The summed E-state index contributed by atoms with van der Waals surface area (Å²) in [6, 6.07) is 6.29. The summed E-state index contributed by atoms with van der Waals surface area (Å²) in [5.74, 6) is -0.861. The summed E-state index contributed by atoms with van der Waals surface area (Å²) < 4.78 is 0. The Bertz CT molecular complexity index is 438. The number of carboxylic acid groups (broad SMARTS) is 1. The number of nitrogens with one attached hydrogen (secondary N) is 1. The molecule has 0 bridgehead atoms. The molecule has 5 nitrogen and oxygen atoms in total. The molecule has 0 spiro atoms. The van der Waals surface area contributed by atoms with Crippen LogP contribution in [0.1, 0.15) is 10.4 Å². The van der Waals surface area contributed by atoms with Gasteiger partial charge in [-0.15, -0.1) is 0 Å². The van der Waals surface area contributed by atoms with Gasteiger partial charge < -0.3 is 15.3 Å². The second-order valence-corrected chi connectivity index (χ2v) is 4.10. The van der Waals surface area contributed by atoms with Crippen LogP contribution in [0, 0.1) is 5.92 Å². The lowest BCUT2D eigenvalue weighted by atomic mass is 10.0. The number of carbonyl (C=O) groups is 2. The van der Waals surface area contributed by atoms with E-state index >= 15 is 0 Å². The molecule has 1 heterocycles. The highest BCUT2D eigenvalue weighted by atomic mass is 16.4. The highest BCUT2D eigenvalue weighted by Crippen LogP contribution is 2.17. The summed E-state index contributed by atoms with van der Waals surface area (Å²) in [5, 5.41) is 11.8. The van der Waals surface area contributed by atoms with Crippen LogP contribution in [0.15, 0.2) is 24.3 Å². The van der Waals surface area contributed by atoms with Crippen LogP contribution in [0.25, 0.3) is 0 Å². The molecule has 0 radical (unpaired) electrons. The minimum atomic E-state index is -0.964. The monoisotopic (exact) mass is 234 g/mol. The first-order valence-corrected chi connectivity index (χ1v) is 5.41. The molecule has 1 fully saturated rings. The molecule has 5 heteroatoms. The third-order valence-corrected chi connectivity index (χ3v) is 2.96. The van der Waals surface area contributed by atoms with E-state index in [0.717, 1.165) is 13.1 Å². The molecule has 90 valence electrons. The summed E-state index contributed by atoms with van der Waals surface area (Å²) >= 11 is 0. The minimum Gasteiger partial charge on any atom is -0.478 e. The molecule has 17 heavy (non-hydrogen) atoms.